The third-order valence-electron chi connectivity index (χ3n) is 2.13. The van der Waals surface area contributed by atoms with Crippen molar-refractivity contribution >= 4 is 62.0 Å². The Balaban J connectivity index is 2.42. The Morgan fingerprint density at radius 1 is 1.33 bits per heavy atom. The van der Waals surface area contributed by atoms with Gasteiger partial charge in [0.25, 0.3) is 5.24 Å². The normalized spacial score (nSPS) is 15.6. The quantitative estimate of drug-likeness (QED) is 0.477. The van der Waals surface area contributed by atoms with Gasteiger partial charge in [0.05, 0.1) is 7.14 Å². The number of halogens is 3. The highest BCUT2D eigenvalue weighted by Gasteiger charge is 2.37. The zero-order valence-electron chi connectivity index (χ0n) is 9.55. The van der Waals surface area contributed by atoms with Crippen LogP contribution in [0.5, 0.6) is 17.2 Å². The van der Waals surface area contributed by atoms with E-state index in [1.54, 1.807) is 0 Å². The number of hydrogen-bond acceptors (Lipinski definition) is 4. The fourth-order valence-corrected chi connectivity index (χ4v) is 3.55. The molecule has 1 aromatic carbocycles. The van der Waals surface area contributed by atoms with Gasteiger partial charge in [0.1, 0.15) is 0 Å². The highest BCUT2D eigenvalue weighted by atomic mass is 127. The van der Waals surface area contributed by atoms with Crippen LogP contribution in [0.15, 0.2) is 6.07 Å². The van der Waals surface area contributed by atoms with Crippen LogP contribution < -0.4 is 14.2 Å². The Morgan fingerprint density at radius 2 is 1.94 bits per heavy atom. The summed E-state index contributed by atoms with van der Waals surface area (Å²) < 4.78 is 18.6. The number of fused-ring (bicyclic) bond motifs is 1. The maximum absolute atomic E-state index is 10.8. The molecule has 0 saturated carbocycles. The molecule has 0 N–H and O–H groups in total. The van der Waals surface area contributed by atoms with Crippen molar-refractivity contribution < 1.29 is 19.0 Å². The Hall–Kier alpha value is 0.0400. The van der Waals surface area contributed by atoms with Gasteiger partial charge in [-0.05, 0) is 62.8 Å². The second kappa shape index (κ2) is 5.20. The Labute approximate surface area is 137 Å². The van der Waals surface area contributed by atoms with Crippen molar-refractivity contribution in [3.63, 3.8) is 0 Å². The van der Waals surface area contributed by atoms with E-state index in [2.05, 4.69) is 45.2 Å². The largest absolute Gasteiger partial charge is 0.479 e. The summed E-state index contributed by atoms with van der Waals surface area (Å²) in [4.78, 5) is 10.8. The van der Waals surface area contributed by atoms with Gasteiger partial charge in [0, 0.05) is 13.8 Å². The molecule has 1 aromatic rings. The first-order valence-electron chi connectivity index (χ1n) is 5.01. The summed E-state index contributed by atoms with van der Waals surface area (Å²) in [5, 5.41) is -0.559. The van der Waals surface area contributed by atoms with E-state index in [0.717, 1.165) is 7.14 Å². The van der Waals surface area contributed by atoms with Crippen molar-refractivity contribution in [2.45, 2.75) is 19.6 Å². The van der Waals surface area contributed by atoms with E-state index in [1.807, 2.05) is 19.9 Å². The monoisotopic (exact) mass is 494 g/mol. The second-order valence-corrected chi connectivity index (χ2v) is 6.82. The van der Waals surface area contributed by atoms with Gasteiger partial charge in [-0.1, -0.05) is 0 Å². The predicted molar refractivity (Wildman–Crippen MR) is 83.6 cm³/mol. The maximum Gasteiger partial charge on any atom is 0.259 e. The summed E-state index contributed by atoms with van der Waals surface area (Å²) in [7, 11) is 0. The van der Waals surface area contributed by atoms with E-state index in [-0.39, 0.29) is 6.61 Å². The first-order valence-corrected chi connectivity index (χ1v) is 7.55. The van der Waals surface area contributed by atoms with Gasteiger partial charge in [-0.3, -0.25) is 4.79 Å². The molecule has 0 atom stereocenters. The summed E-state index contributed by atoms with van der Waals surface area (Å²) in [5.41, 5.74) is 0. The van der Waals surface area contributed by atoms with E-state index in [1.165, 1.54) is 0 Å². The molecular weight excluding hydrogens is 485 g/mol. The van der Waals surface area contributed by atoms with Gasteiger partial charge >= 0.3 is 0 Å². The summed E-state index contributed by atoms with van der Waals surface area (Å²) in [6.45, 7) is 3.42. The summed E-state index contributed by atoms with van der Waals surface area (Å²) in [6.07, 6.45) is 0. The van der Waals surface area contributed by atoms with Gasteiger partial charge in [-0.2, -0.15) is 0 Å². The fraction of sp³-hybridized carbons (Fsp3) is 0.364. The van der Waals surface area contributed by atoms with Crippen molar-refractivity contribution in [2.75, 3.05) is 6.61 Å². The molecule has 4 nitrogen and oxygen atoms in total. The first-order chi connectivity index (χ1) is 8.30. The molecule has 1 aliphatic rings. The van der Waals surface area contributed by atoms with E-state index < -0.39 is 11.0 Å². The number of ether oxygens (including phenoxy) is 3. The third kappa shape index (κ3) is 2.96. The lowest BCUT2D eigenvalue weighted by Gasteiger charge is -2.16. The average molecular weight is 494 g/mol. The van der Waals surface area contributed by atoms with Crippen LogP contribution in [0.1, 0.15) is 13.8 Å². The van der Waals surface area contributed by atoms with Crippen molar-refractivity contribution in [2.24, 2.45) is 0 Å². The Morgan fingerprint density at radius 3 is 2.56 bits per heavy atom. The summed E-state index contributed by atoms with van der Waals surface area (Å²) >= 11 is 9.57. The Bertz CT molecular complexity index is 516. The van der Waals surface area contributed by atoms with Gasteiger partial charge in [0.15, 0.2) is 18.1 Å². The first kappa shape index (κ1) is 14.4. The highest BCUT2D eigenvalue weighted by molar-refractivity contribution is 14.1. The van der Waals surface area contributed by atoms with Gasteiger partial charge in [-0.15, -0.1) is 0 Å². The minimum Gasteiger partial charge on any atom is -0.479 e. The molecule has 0 fully saturated rings. The van der Waals surface area contributed by atoms with Gasteiger partial charge < -0.3 is 14.2 Å². The molecule has 1 heterocycles. The van der Waals surface area contributed by atoms with Crippen LogP contribution >= 0.6 is 56.8 Å². The number of benzene rings is 1. The van der Waals surface area contributed by atoms with Crippen LogP contribution in [0.2, 0.25) is 0 Å². The van der Waals surface area contributed by atoms with Crippen LogP contribution in [0.25, 0.3) is 0 Å². The molecule has 0 aromatic heterocycles. The number of rotatable bonds is 3. The highest BCUT2D eigenvalue weighted by Crippen LogP contribution is 2.50. The topological polar surface area (TPSA) is 44.8 Å². The van der Waals surface area contributed by atoms with Crippen LogP contribution in [-0.2, 0) is 4.79 Å². The van der Waals surface area contributed by atoms with Crippen LogP contribution in [0, 0.1) is 7.14 Å². The summed E-state index contributed by atoms with van der Waals surface area (Å²) in [6, 6.07) is 1.90. The summed E-state index contributed by atoms with van der Waals surface area (Å²) in [5.74, 6) is 0.910. The fourth-order valence-electron chi connectivity index (χ4n) is 1.53. The zero-order valence-corrected chi connectivity index (χ0v) is 14.6. The van der Waals surface area contributed by atoms with Crippen molar-refractivity contribution in [3.8, 4) is 17.2 Å². The van der Waals surface area contributed by atoms with Crippen LogP contribution in [-0.4, -0.2) is 17.6 Å². The van der Waals surface area contributed by atoms with Gasteiger partial charge in [0.2, 0.25) is 11.5 Å². The minimum absolute atomic E-state index is 0.200. The van der Waals surface area contributed by atoms with Crippen LogP contribution in [0.4, 0.5) is 0 Å². The number of carbonyl (C=O) groups excluding carboxylic acids is 1. The Kier molecular flexibility index (Phi) is 4.17. The lowest BCUT2D eigenvalue weighted by molar-refractivity contribution is -0.113. The lowest BCUT2D eigenvalue weighted by Crippen LogP contribution is -2.30. The molecule has 0 unspecified atom stereocenters. The molecule has 0 bridgehead atoms. The molecule has 2 rings (SSSR count). The molecule has 98 valence electrons. The van der Waals surface area contributed by atoms with Crippen molar-refractivity contribution in [1.29, 1.82) is 0 Å². The lowest BCUT2D eigenvalue weighted by atomic mass is 10.3. The maximum atomic E-state index is 10.8. The SMILES string of the molecule is CC1(C)Oc2c(I)cc(I)c(OCC(=O)Cl)c2O1. The molecule has 0 spiro atoms. The standard InChI is InChI=1S/C11H9ClI2O4/c1-11(2)17-9-6(14)3-5(13)8(10(9)18-11)16-4-7(12)15/h3H,4H2,1-2H3. The van der Waals surface area contributed by atoms with E-state index in [9.17, 15) is 4.79 Å². The molecule has 0 radical (unpaired) electrons. The molecule has 0 aliphatic carbocycles. The van der Waals surface area contributed by atoms with E-state index >= 15 is 0 Å². The molecular formula is C11H9ClI2O4. The average Bonchev–Trinajstić information content (AvgIpc) is 2.53. The smallest absolute Gasteiger partial charge is 0.259 e. The molecule has 18 heavy (non-hydrogen) atoms. The molecule has 1 aliphatic heterocycles. The van der Waals surface area contributed by atoms with Gasteiger partial charge in [-0.25, -0.2) is 0 Å². The van der Waals surface area contributed by atoms with Crippen LogP contribution in [0.3, 0.4) is 0 Å². The minimum atomic E-state index is -0.740. The zero-order chi connectivity index (χ0) is 13.5. The molecule has 0 amide bonds. The van der Waals surface area contributed by atoms with Crippen molar-refractivity contribution in [1.82, 2.24) is 0 Å². The number of carbonyl (C=O) groups is 1. The van der Waals surface area contributed by atoms with E-state index in [4.69, 9.17) is 25.8 Å². The number of hydrogen-bond donors (Lipinski definition) is 0. The van der Waals surface area contributed by atoms with Crippen molar-refractivity contribution in [3.05, 3.63) is 13.2 Å². The molecule has 7 heteroatoms. The molecule has 0 saturated heterocycles. The van der Waals surface area contributed by atoms with E-state index in [0.29, 0.717) is 17.2 Å². The second-order valence-electron chi connectivity index (χ2n) is 4.08. The predicted octanol–water partition coefficient (Wildman–Crippen LogP) is 3.55. The third-order valence-corrected chi connectivity index (χ3v) is 3.84.